The first-order valence-corrected chi connectivity index (χ1v) is 9.21. The number of hydrogen-bond acceptors (Lipinski definition) is 3. The molecule has 0 atom stereocenters. The van der Waals surface area contributed by atoms with E-state index in [9.17, 15) is 13.2 Å². The van der Waals surface area contributed by atoms with E-state index >= 15 is 0 Å². The summed E-state index contributed by atoms with van der Waals surface area (Å²) in [6.07, 6.45) is -2.95. The molecule has 0 amide bonds. The number of aromatic nitrogens is 4. The Bertz CT molecular complexity index is 1280. The highest BCUT2D eigenvalue weighted by atomic mass is 19.4. The van der Waals surface area contributed by atoms with Crippen molar-refractivity contribution in [3.8, 4) is 11.4 Å². The van der Waals surface area contributed by atoms with Crippen LogP contribution in [0.2, 0.25) is 0 Å². The first kappa shape index (κ1) is 18.2. The summed E-state index contributed by atoms with van der Waals surface area (Å²) in [5, 5.41) is 10.7. The fraction of sp³-hybridized carbons (Fsp3) is 0.0909. The van der Waals surface area contributed by atoms with Crippen LogP contribution < -0.4 is 4.74 Å². The third-order valence-electron chi connectivity index (χ3n) is 4.88. The van der Waals surface area contributed by atoms with Gasteiger partial charge in [-0.2, -0.15) is 0 Å². The van der Waals surface area contributed by atoms with Crippen LogP contribution in [0.15, 0.2) is 79.0 Å². The summed E-state index contributed by atoms with van der Waals surface area (Å²) in [6, 6.07) is 21.8. The molecule has 0 radical (unpaired) electrons. The van der Waals surface area contributed by atoms with E-state index in [1.54, 1.807) is 6.20 Å². The molecule has 0 saturated carbocycles. The highest BCUT2D eigenvalue weighted by Gasteiger charge is 2.31. The fourth-order valence-corrected chi connectivity index (χ4v) is 3.63. The van der Waals surface area contributed by atoms with Crippen LogP contribution in [0.1, 0.15) is 5.69 Å². The number of ether oxygens (including phenoxy) is 1. The Labute approximate surface area is 168 Å². The number of halogens is 3. The highest BCUT2D eigenvalue weighted by molar-refractivity contribution is 6.08. The second kappa shape index (κ2) is 6.91. The number of fused-ring (bicyclic) bond motifs is 3. The summed E-state index contributed by atoms with van der Waals surface area (Å²) < 4.78 is 44.6. The summed E-state index contributed by atoms with van der Waals surface area (Å²) in [7, 11) is 0. The van der Waals surface area contributed by atoms with Gasteiger partial charge in [-0.15, -0.1) is 18.3 Å². The molecule has 2 aromatic heterocycles. The van der Waals surface area contributed by atoms with Crippen molar-refractivity contribution in [3.63, 3.8) is 0 Å². The molecule has 0 aliphatic rings. The lowest BCUT2D eigenvalue weighted by atomic mass is 10.2. The predicted molar refractivity (Wildman–Crippen MR) is 107 cm³/mol. The minimum absolute atomic E-state index is 0.281. The van der Waals surface area contributed by atoms with E-state index in [0.29, 0.717) is 12.2 Å². The van der Waals surface area contributed by atoms with Gasteiger partial charge in [0.1, 0.15) is 11.4 Å². The van der Waals surface area contributed by atoms with Gasteiger partial charge in [0.05, 0.1) is 18.4 Å². The van der Waals surface area contributed by atoms with Crippen LogP contribution in [0.25, 0.3) is 27.5 Å². The van der Waals surface area contributed by atoms with Gasteiger partial charge in [0.2, 0.25) is 0 Å². The van der Waals surface area contributed by atoms with E-state index in [2.05, 4.69) is 43.9 Å². The molecule has 0 aliphatic carbocycles. The lowest BCUT2D eigenvalue weighted by molar-refractivity contribution is -0.274. The third-order valence-corrected chi connectivity index (χ3v) is 4.88. The quantitative estimate of drug-likeness (QED) is 0.404. The monoisotopic (exact) mass is 408 g/mol. The second-order valence-electron chi connectivity index (χ2n) is 6.82. The van der Waals surface area contributed by atoms with Gasteiger partial charge in [-0.25, -0.2) is 4.68 Å². The van der Waals surface area contributed by atoms with Crippen molar-refractivity contribution in [1.29, 1.82) is 0 Å². The Morgan fingerprint density at radius 1 is 0.800 bits per heavy atom. The maximum absolute atomic E-state index is 12.3. The molecule has 3 aromatic carbocycles. The van der Waals surface area contributed by atoms with E-state index < -0.39 is 6.36 Å². The van der Waals surface area contributed by atoms with Crippen molar-refractivity contribution >= 4 is 21.8 Å². The Kier molecular flexibility index (Phi) is 4.20. The van der Waals surface area contributed by atoms with Crippen LogP contribution in [-0.2, 0) is 6.54 Å². The first-order valence-electron chi connectivity index (χ1n) is 9.21. The van der Waals surface area contributed by atoms with Crippen molar-refractivity contribution in [2.45, 2.75) is 12.9 Å². The standard InChI is InChI=1S/C22H15F3N4O/c23-22(24,25)30-17-11-9-16(10-12-17)29-14-15(26-27-29)13-28-20-7-3-1-5-18(20)19-6-2-4-8-21(19)28/h1-12,14H,13H2. The maximum atomic E-state index is 12.3. The van der Waals surface area contributed by atoms with Gasteiger partial charge < -0.3 is 9.30 Å². The molecule has 2 heterocycles. The Morgan fingerprint density at radius 2 is 1.40 bits per heavy atom. The highest BCUT2D eigenvalue weighted by Crippen LogP contribution is 2.29. The SMILES string of the molecule is FC(F)(F)Oc1ccc(-n2cc(Cn3c4ccccc4c4ccccc43)nn2)cc1. The van der Waals surface area contributed by atoms with Gasteiger partial charge in [0, 0.05) is 21.8 Å². The maximum Gasteiger partial charge on any atom is 0.573 e. The lowest BCUT2D eigenvalue weighted by Crippen LogP contribution is -2.17. The van der Waals surface area contributed by atoms with Gasteiger partial charge in [0.15, 0.2) is 0 Å². The number of rotatable bonds is 4. The molecule has 8 heteroatoms. The zero-order valence-corrected chi connectivity index (χ0v) is 15.5. The molecule has 0 aliphatic heterocycles. The van der Waals surface area contributed by atoms with E-state index in [1.165, 1.54) is 39.7 Å². The topological polar surface area (TPSA) is 44.9 Å². The van der Waals surface area contributed by atoms with E-state index in [0.717, 1.165) is 16.7 Å². The molecule has 5 aromatic rings. The number of para-hydroxylation sites is 2. The van der Waals surface area contributed by atoms with Gasteiger partial charge in [-0.05, 0) is 36.4 Å². The largest absolute Gasteiger partial charge is 0.573 e. The Morgan fingerprint density at radius 3 is 2.00 bits per heavy atom. The summed E-state index contributed by atoms with van der Waals surface area (Å²) in [5.74, 6) is -0.281. The smallest absolute Gasteiger partial charge is 0.406 e. The average Bonchev–Trinajstić information content (AvgIpc) is 3.32. The van der Waals surface area contributed by atoms with Crippen molar-refractivity contribution in [2.75, 3.05) is 0 Å². The minimum atomic E-state index is -4.72. The number of alkyl halides is 3. The van der Waals surface area contributed by atoms with Gasteiger partial charge >= 0.3 is 6.36 Å². The predicted octanol–water partition coefficient (Wildman–Crippen LogP) is 5.32. The molecule has 30 heavy (non-hydrogen) atoms. The lowest BCUT2D eigenvalue weighted by Gasteiger charge is -2.09. The molecular weight excluding hydrogens is 393 g/mol. The molecule has 0 bridgehead atoms. The molecular formula is C22H15F3N4O. The zero-order valence-electron chi connectivity index (χ0n) is 15.5. The van der Waals surface area contributed by atoms with E-state index in [-0.39, 0.29) is 5.75 Å². The molecule has 5 nitrogen and oxygen atoms in total. The van der Waals surface area contributed by atoms with Crippen molar-refractivity contribution in [1.82, 2.24) is 19.6 Å². The number of benzene rings is 3. The Balaban J connectivity index is 1.45. The van der Waals surface area contributed by atoms with Gasteiger partial charge in [0.25, 0.3) is 0 Å². The summed E-state index contributed by atoms with van der Waals surface area (Å²) >= 11 is 0. The van der Waals surface area contributed by atoms with E-state index in [1.807, 2.05) is 24.3 Å². The third kappa shape index (κ3) is 3.36. The van der Waals surface area contributed by atoms with Crippen molar-refractivity contribution in [3.05, 3.63) is 84.7 Å². The molecule has 0 unspecified atom stereocenters. The number of nitrogens with zero attached hydrogens (tertiary/aromatic N) is 4. The van der Waals surface area contributed by atoms with Crippen LogP contribution in [-0.4, -0.2) is 25.9 Å². The average molecular weight is 408 g/mol. The minimum Gasteiger partial charge on any atom is -0.406 e. The second-order valence-corrected chi connectivity index (χ2v) is 6.82. The van der Waals surface area contributed by atoms with E-state index in [4.69, 9.17) is 0 Å². The zero-order chi connectivity index (χ0) is 20.7. The molecule has 0 fully saturated rings. The Hall–Kier alpha value is -3.81. The van der Waals surface area contributed by atoms with Gasteiger partial charge in [-0.3, -0.25) is 0 Å². The molecule has 0 spiro atoms. The fourth-order valence-electron chi connectivity index (χ4n) is 3.63. The van der Waals surface area contributed by atoms with Crippen molar-refractivity contribution < 1.29 is 17.9 Å². The van der Waals surface area contributed by atoms with Crippen LogP contribution in [0.5, 0.6) is 5.75 Å². The molecule has 150 valence electrons. The summed E-state index contributed by atoms with van der Waals surface area (Å²) in [5.41, 5.74) is 3.52. The normalized spacial score (nSPS) is 12.0. The first-order chi connectivity index (χ1) is 14.5. The molecule has 0 N–H and O–H groups in total. The van der Waals surface area contributed by atoms with Crippen LogP contribution in [0, 0.1) is 0 Å². The van der Waals surface area contributed by atoms with Crippen molar-refractivity contribution in [2.24, 2.45) is 0 Å². The molecule has 0 saturated heterocycles. The number of hydrogen-bond donors (Lipinski definition) is 0. The van der Waals surface area contributed by atoms with Crippen LogP contribution in [0.4, 0.5) is 13.2 Å². The van der Waals surface area contributed by atoms with Crippen LogP contribution in [0.3, 0.4) is 0 Å². The summed E-state index contributed by atoms with van der Waals surface area (Å²) in [6.45, 7) is 0.517. The molecule has 5 rings (SSSR count). The summed E-state index contributed by atoms with van der Waals surface area (Å²) in [4.78, 5) is 0. The van der Waals surface area contributed by atoms with Gasteiger partial charge in [-0.1, -0.05) is 41.6 Å². The van der Waals surface area contributed by atoms with Crippen LogP contribution >= 0.6 is 0 Å².